The quantitative estimate of drug-likeness (QED) is 0.184. The summed E-state index contributed by atoms with van der Waals surface area (Å²) in [5, 5.41) is 10.5. The maximum absolute atomic E-state index is 14.7. The summed E-state index contributed by atoms with van der Waals surface area (Å²) in [5.41, 5.74) is 2.38. The van der Waals surface area contributed by atoms with Gasteiger partial charge in [-0.1, -0.05) is 12.1 Å². The maximum Gasteiger partial charge on any atom is 0.416 e. The Bertz CT molecular complexity index is 2750. The number of benzene rings is 3. The molecule has 1 aliphatic carbocycles. The van der Waals surface area contributed by atoms with Crippen LogP contribution in [0.2, 0.25) is 0 Å². The van der Waals surface area contributed by atoms with E-state index in [1.165, 1.54) is 11.0 Å². The van der Waals surface area contributed by atoms with Gasteiger partial charge in [0, 0.05) is 94.6 Å². The zero-order chi connectivity index (χ0) is 49.2. The number of fused-ring (bicyclic) bond motifs is 2. The van der Waals surface area contributed by atoms with Gasteiger partial charge in [0.25, 0.3) is 17.7 Å². The van der Waals surface area contributed by atoms with E-state index in [1.807, 2.05) is 35.9 Å². The lowest BCUT2D eigenvalue weighted by molar-refractivity contribution is -0.138. The minimum Gasteiger partial charge on any atom is -0.379 e. The number of aryl methyl sites for hydroxylation is 1. The number of ether oxygens (including phenoxy) is 2. The normalized spacial score (nSPS) is 24.4. The van der Waals surface area contributed by atoms with Crippen LogP contribution in [-0.4, -0.2) is 136 Å². The number of rotatable bonds is 12. The van der Waals surface area contributed by atoms with Crippen molar-refractivity contribution in [2.45, 2.75) is 101 Å². The van der Waals surface area contributed by atoms with Gasteiger partial charge in [0.05, 0.1) is 48.7 Å². The monoisotopic (exact) mass is 977 g/mol. The van der Waals surface area contributed by atoms with Crippen LogP contribution < -0.4 is 15.1 Å². The average molecular weight is 978 g/mol. The number of nitrogens with zero attached hydrogens (tertiary/aromatic N) is 8. The Labute approximate surface area is 409 Å². The zero-order valence-corrected chi connectivity index (χ0v) is 39.8. The fourth-order valence-electron chi connectivity index (χ4n) is 11.9. The van der Waals surface area contributed by atoms with Crippen molar-refractivity contribution < 1.29 is 46.6 Å². The Balaban J connectivity index is 0.638. The minimum absolute atomic E-state index is 0.0162. The molecule has 11 rings (SSSR count). The third kappa shape index (κ3) is 9.25. The van der Waals surface area contributed by atoms with Crippen molar-refractivity contribution in [1.29, 1.82) is 0 Å². The number of alkyl halides is 3. The standard InChI is InChI=1S/C52H58F3N9O7/c1-59-31-56-58-45(59)25-51(29-70-30-51)34-3-2-4-36(23-34)63-28-42-40(48(63)67)21-33(22-43(42)52(53,54)55)27-61-19-17-60(18-20-61)26-32-5-8-37(9-6-32)71-38-13-15-62(16-14-38)35-7-10-39-41(24-35)50(69)64(49(39)68)44-11-12-46(65)57-47(44)66/h2-4,7,10,21-24,31-32,37-38,44H,5-6,8-9,11-20,25-30H2,1H3,(H,57,65,66)/t32-,37-,44?. The number of imide groups is 2. The Morgan fingerprint density at radius 1 is 0.775 bits per heavy atom. The van der Waals surface area contributed by atoms with E-state index in [1.54, 1.807) is 30.6 Å². The van der Waals surface area contributed by atoms with Crippen LogP contribution in [0, 0.1) is 5.92 Å². The maximum atomic E-state index is 14.7. The first-order valence-corrected chi connectivity index (χ1v) is 25.0. The van der Waals surface area contributed by atoms with Crippen molar-refractivity contribution >= 4 is 40.9 Å². The van der Waals surface area contributed by atoms with Gasteiger partial charge in [-0.15, -0.1) is 10.2 Å². The molecule has 1 unspecified atom stereocenters. The highest BCUT2D eigenvalue weighted by atomic mass is 19.4. The Hall–Kier alpha value is -6.02. The summed E-state index contributed by atoms with van der Waals surface area (Å²) in [6.07, 6.45) is 3.95. The molecule has 1 atom stereocenters. The molecule has 5 fully saturated rings. The van der Waals surface area contributed by atoms with Gasteiger partial charge in [0.1, 0.15) is 18.2 Å². The molecule has 16 nitrogen and oxygen atoms in total. The summed E-state index contributed by atoms with van der Waals surface area (Å²) < 4.78 is 58.4. The topological polar surface area (TPSA) is 163 Å². The summed E-state index contributed by atoms with van der Waals surface area (Å²) in [6, 6.07) is 14.7. The zero-order valence-electron chi connectivity index (χ0n) is 39.8. The molecule has 4 saturated heterocycles. The van der Waals surface area contributed by atoms with E-state index < -0.39 is 47.3 Å². The first kappa shape index (κ1) is 47.3. The van der Waals surface area contributed by atoms with E-state index in [-0.39, 0.29) is 59.3 Å². The van der Waals surface area contributed by atoms with Crippen molar-refractivity contribution in [3.8, 4) is 0 Å². The van der Waals surface area contributed by atoms with Crippen molar-refractivity contribution in [3.63, 3.8) is 0 Å². The lowest BCUT2D eigenvalue weighted by atomic mass is 9.75. The van der Waals surface area contributed by atoms with E-state index in [0.29, 0.717) is 43.3 Å². The molecule has 374 valence electrons. The number of piperazine rings is 1. The number of halogens is 3. The second kappa shape index (κ2) is 18.9. The molecule has 0 bridgehead atoms. The molecule has 1 saturated carbocycles. The summed E-state index contributed by atoms with van der Waals surface area (Å²) in [6.45, 7) is 6.68. The van der Waals surface area contributed by atoms with E-state index in [4.69, 9.17) is 9.47 Å². The van der Waals surface area contributed by atoms with Crippen LogP contribution >= 0.6 is 0 Å². The number of hydrogen-bond acceptors (Lipinski definition) is 12. The molecule has 71 heavy (non-hydrogen) atoms. The fraction of sp³-hybridized carbons (Fsp3) is 0.519. The average Bonchev–Trinajstić information content (AvgIpc) is 3.99. The van der Waals surface area contributed by atoms with Crippen molar-refractivity contribution in [2.24, 2.45) is 13.0 Å². The Morgan fingerprint density at radius 2 is 1.51 bits per heavy atom. The molecule has 0 spiro atoms. The molecule has 19 heteroatoms. The predicted octanol–water partition coefficient (Wildman–Crippen LogP) is 5.27. The van der Waals surface area contributed by atoms with Gasteiger partial charge in [-0.05, 0) is 110 Å². The lowest BCUT2D eigenvalue weighted by Crippen LogP contribution is -2.54. The highest BCUT2D eigenvalue weighted by Crippen LogP contribution is 2.42. The van der Waals surface area contributed by atoms with Crippen molar-refractivity contribution in [1.82, 2.24) is 34.8 Å². The number of anilines is 2. The molecule has 1 aromatic heterocycles. The van der Waals surface area contributed by atoms with E-state index in [0.717, 1.165) is 106 Å². The third-order valence-corrected chi connectivity index (χ3v) is 16.0. The van der Waals surface area contributed by atoms with Crippen LogP contribution in [0.25, 0.3) is 0 Å². The summed E-state index contributed by atoms with van der Waals surface area (Å²) in [7, 11) is 1.88. The van der Waals surface area contributed by atoms with Crippen LogP contribution in [0.5, 0.6) is 0 Å². The minimum atomic E-state index is -4.62. The second-order valence-electron chi connectivity index (χ2n) is 20.6. The Morgan fingerprint density at radius 3 is 2.20 bits per heavy atom. The smallest absolute Gasteiger partial charge is 0.379 e. The van der Waals surface area contributed by atoms with Gasteiger partial charge < -0.3 is 28.7 Å². The molecule has 7 aliphatic rings. The first-order valence-electron chi connectivity index (χ1n) is 25.0. The van der Waals surface area contributed by atoms with E-state index in [9.17, 15) is 37.1 Å². The van der Waals surface area contributed by atoms with E-state index >= 15 is 0 Å². The van der Waals surface area contributed by atoms with Gasteiger partial charge in [-0.25, -0.2) is 0 Å². The van der Waals surface area contributed by atoms with Crippen molar-refractivity contribution in [2.75, 3.05) is 68.8 Å². The molecule has 5 amide bonds. The SMILES string of the molecule is Cn1cnnc1CC1(c2cccc(N3Cc4c(cc(CN5CCN(C[C@H]6CC[C@H](OC7CCN(c8ccc9c(c8)C(=O)N(C8CCC(=O)NC8=O)C9=O)CC7)CC6)CC5)cc4C(F)(F)F)C3=O)c2)COC1. The number of aromatic nitrogens is 3. The van der Waals surface area contributed by atoms with Crippen molar-refractivity contribution in [3.05, 3.63) is 106 Å². The predicted molar refractivity (Wildman–Crippen MR) is 253 cm³/mol. The molecule has 7 heterocycles. The second-order valence-corrected chi connectivity index (χ2v) is 20.6. The third-order valence-electron chi connectivity index (χ3n) is 16.0. The highest BCUT2D eigenvalue weighted by molar-refractivity contribution is 6.23. The number of amides is 5. The van der Waals surface area contributed by atoms with Crippen LogP contribution in [0.3, 0.4) is 0 Å². The number of hydrogen-bond donors (Lipinski definition) is 1. The molecule has 3 aromatic carbocycles. The highest BCUT2D eigenvalue weighted by Gasteiger charge is 2.46. The van der Waals surface area contributed by atoms with E-state index in [2.05, 4.69) is 30.2 Å². The number of carbonyl (C=O) groups excluding carboxylic acids is 5. The fourth-order valence-corrected chi connectivity index (χ4v) is 11.9. The van der Waals surface area contributed by atoms with Crippen LogP contribution in [0.4, 0.5) is 24.5 Å². The summed E-state index contributed by atoms with van der Waals surface area (Å²) in [4.78, 5) is 74.0. The molecule has 4 aromatic rings. The molecule has 6 aliphatic heterocycles. The van der Waals surface area contributed by atoms with Gasteiger partial charge in [0.2, 0.25) is 11.8 Å². The molecular formula is C52H58F3N9O7. The first-order chi connectivity index (χ1) is 34.2. The lowest BCUT2D eigenvalue weighted by Gasteiger charge is -2.42. The largest absolute Gasteiger partial charge is 0.416 e. The van der Waals surface area contributed by atoms with Crippen LogP contribution in [-0.2, 0) is 57.2 Å². The van der Waals surface area contributed by atoms with Gasteiger partial charge >= 0.3 is 6.18 Å². The molecule has 1 N–H and O–H groups in total. The van der Waals surface area contributed by atoms with Gasteiger partial charge in [0.15, 0.2) is 0 Å². The Kier molecular flexibility index (Phi) is 12.6. The van der Waals surface area contributed by atoms with Gasteiger partial charge in [-0.3, -0.25) is 39.1 Å². The van der Waals surface area contributed by atoms with Crippen LogP contribution in [0.15, 0.2) is 60.9 Å². The van der Waals surface area contributed by atoms with Gasteiger partial charge in [-0.2, -0.15) is 13.2 Å². The van der Waals surface area contributed by atoms with Crippen LogP contribution in [0.1, 0.15) is 111 Å². The number of piperidine rings is 2. The molecule has 0 radical (unpaired) electrons. The summed E-state index contributed by atoms with van der Waals surface area (Å²) in [5.74, 6) is -1.13. The number of carbonyl (C=O) groups is 5. The molecular weight excluding hydrogens is 920 g/mol. The number of nitrogens with one attached hydrogen (secondary N) is 1. The summed E-state index contributed by atoms with van der Waals surface area (Å²) >= 11 is 0.